The highest BCUT2D eigenvalue weighted by Gasteiger charge is 2.18. The molecule has 0 amide bonds. The lowest BCUT2D eigenvalue weighted by Gasteiger charge is -2.28. The van der Waals surface area contributed by atoms with Crippen LogP contribution in [0.4, 0.5) is 15.9 Å². The van der Waals surface area contributed by atoms with Crippen LogP contribution in [0.2, 0.25) is 0 Å². The molecular formula is C15H20BrFN6O4S. The maximum atomic E-state index is 13.4. The van der Waals surface area contributed by atoms with Crippen LogP contribution in [0, 0.1) is 5.82 Å². The highest BCUT2D eigenvalue weighted by molar-refractivity contribution is 9.10. The molecule has 1 aromatic carbocycles. The summed E-state index contributed by atoms with van der Waals surface area (Å²) >= 11 is 3.09. The second kappa shape index (κ2) is 9.41. The average molecular weight is 479 g/mol. The van der Waals surface area contributed by atoms with Gasteiger partial charge in [0.15, 0.2) is 5.69 Å². The Bertz CT molecular complexity index is 898. The normalized spacial score (nSPS) is 17.8. The molecule has 0 unspecified atom stereocenters. The SMILES string of the molecule is O/N=C(\Nc1ccc(F)c(Br)c1)c1nonc1NCCN=[SH]1(O)CCOCC1. The largest absolute Gasteiger partial charge is 0.409 e. The van der Waals surface area contributed by atoms with Gasteiger partial charge in [0.1, 0.15) is 5.82 Å². The second-order valence-electron chi connectivity index (χ2n) is 5.89. The molecule has 10 nitrogen and oxygen atoms in total. The van der Waals surface area contributed by atoms with E-state index in [-0.39, 0.29) is 21.8 Å². The number of ether oxygens (including phenoxy) is 1. The fraction of sp³-hybridized carbons (Fsp3) is 0.400. The van der Waals surface area contributed by atoms with E-state index >= 15 is 0 Å². The number of hydrogen-bond acceptors (Lipinski definition) is 8. The highest BCUT2D eigenvalue weighted by atomic mass is 79.9. The molecule has 0 bridgehead atoms. The van der Waals surface area contributed by atoms with E-state index < -0.39 is 15.9 Å². The summed E-state index contributed by atoms with van der Waals surface area (Å²) in [5, 5.41) is 25.8. The van der Waals surface area contributed by atoms with E-state index in [0.717, 1.165) is 0 Å². The molecule has 154 valence electrons. The van der Waals surface area contributed by atoms with Gasteiger partial charge in [-0.15, -0.1) is 10.1 Å². The number of oxime groups is 1. The first-order chi connectivity index (χ1) is 13.5. The van der Waals surface area contributed by atoms with Crippen LogP contribution in [0.25, 0.3) is 0 Å². The van der Waals surface area contributed by atoms with Crippen molar-refractivity contribution in [3.63, 3.8) is 0 Å². The highest BCUT2D eigenvalue weighted by Crippen LogP contribution is 2.21. The van der Waals surface area contributed by atoms with Crippen LogP contribution in [-0.2, 0) is 14.8 Å². The molecule has 0 saturated carbocycles. The standard InChI is InChI=1S/C15H20BrFN6O4S/c16-11-9-10(1-2-12(11)17)20-15(21-24)13-14(23-27-22-13)18-3-4-19-28(25)7-5-26-6-8-28/h1-2,9,24,28H,3-8H2,(H,18,23)(H,19,25)(H,20,21). The third-order valence-electron chi connectivity index (χ3n) is 3.95. The van der Waals surface area contributed by atoms with Crippen molar-refractivity contribution >= 4 is 43.4 Å². The minimum atomic E-state index is -2.27. The van der Waals surface area contributed by atoms with Crippen molar-refractivity contribution in [1.29, 1.82) is 0 Å². The number of nitrogens with one attached hydrogen (secondary N) is 2. The van der Waals surface area contributed by atoms with Gasteiger partial charge in [0.2, 0.25) is 11.7 Å². The third kappa shape index (κ3) is 5.25. The van der Waals surface area contributed by atoms with Crippen LogP contribution in [0.5, 0.6) is 0 Å². The van der Waals surface area contributed by atoms with Gasteiger partial charge in [-0.3, -0.25) is 4.36 Å². The summed E-state index contributed by atoms with van der Waals surface area (Å²) in [6.07, 6.45) is 0. The molecule has 1 aliphatic heterocycles. The van der Waals surface area contributed by atoms with E-state index in [2.05, 4.69) is 46.4 Å². The molecule has 2 aromatic rings. The van der Waals surface area contributed by atoms with Gasteiger partial charge >= 0.3 is 0 Å². The quantitative estimate of drug-likeness (QED) is 0.106. The van der Waals surface area contributed by atoms with Crippen LogP contribution in [0.1, 0.15) is 5.69 Å². The maximum absolute atomic E-state index is 13.4. The number of anilines is 2. The van der Waals surface area contributed by atoms with Crippen molar-refractivity contribution in [2.45, 2.75) is 0 Å². The number of nitrogens with zero attached hydrogens (tertiary/aromatic N) is 4. The molecule has 4 N–H and O–H groups in total. The lowest BCUT2D eigenvalue weighted by molar-refractivity contribution is 0.155. The predicted molar refractivity (Wildman–Crippen MR) is 108 cm³/mol. The zero-order chi connectivity index (χ0) is 20.0. The van der Waals surface area contributed by atoms with Gasteiger partial charge < -0.3 is 25.1 Å². The van der Waals surface area contributed by atoms with E-state index in [4.69, 9.17) is 9.37 Å². The number of benzene rings is 1. The number of hydrogen-bond donors (Lipinski definition) is 5. The zero-order valence-electron chi connectivity index (χ0n) is 14.7. The first-order valence-corrected chi connectivity index (χ1v) is 11.2. The van der Waals surface area contributed by atoms with Crippen LogP contribution in [-0.4, -0.2) is 63.7 Å². The number of thiol groups is 1. The van der Waals surface area contributed by atoms with E-state index in [9.17, 15) is 14.2 Å². The van der Waals surface area contributed by atoms with Gasteiger partial charge in [-0.1, -0.05) is 5.16 Å². The van der Waals surface area contributed by atoms with Gasteiger partial charge in [-0.2, -0.15) is 0 Å². The summed E-state index contributed by atoms with van der Waals surface area (Å²) < 4.78 is 38.4. The van der Waals surface area contributed by atoms with Crippen molar-refractivity contribution in [2.75, 3.05) is 48.4 Å². The summed E-state index contributed by atoms with van der Waals surface area (Å²) in [6.45, 7) is 1.81. The topological polar surface area (TPSA) is 137 Å². The number of halogens is 2. The smallest absolute Gasteiger partial charge is 0.203 e. The van der Waals surface area contributed by atoms with Crippen LogP contribution < -0.4 is 10.6 Å². The van der Waals surface area contributed by atoms with Gasteiger partial charge in [-0.05, 0) is 44.4 Å². The molecule has 2 heterocycles. The third-order valence-corrected chi connectivity index (χ3v) is 7.08. The Morgan fingerprint density at radius 1 is 1.32 bits per heavy atom. The average Bonchev–Trinajstić information content (AvgIpc) is 3.15. The minimum absolute atomic E-state index is 0.0326. The van der Waals surface area contributed by atoms with E-state index in [1.54, 1.807) is 0 Å². The zero-order valence-corrected chi connectivity index (χ0v) is 17.2. The summed E-state index contributed by atoms with van der Waals surface area (Å²) in [5.41, 5.74) is 0.610. The van der Waals surface area contributed by atoms with Gasteiger partial charge in [0, 0.05) is 23.7 Å². The van der Waals surface area contributed by atoms with Crippen LogP contribution in [0.15, 0.2) is 36.8 Å². The Morgan fingerprint density at radius 3 is 2.82 bits per heavy atom. The Kier molecular flexibility index (Phi) is 6.93. The molecule has 3 rings (SSSR count). The van der Waals surface area contributed by atoms with Gasteiger partial charge in [-0.25, -0.2) is 9.02 Å². The molecule has 0 aliphatic carbocycles. The van der Waals surface area contributed by atoms with Gasteiger partial charge in [0.05, 0.1) is 24.2 Å². The Hall–Kier alpha value is -2.09. The Morgan fingerprint density at radius 2 is 2.11 bits per heavy atom. The lowest BCUT2D eigenvalue weighted by Crippen LogP contribution is -2.32. The summed E-state index contributed by atoms with van der Waals surface area (Å²) in [5.74, 6) is 0.935. The van der Waals surface area contributed by atoms with Crippen molar-refractivity contribution in [1.82, 2.24) is 10.3 Å². The molecule has 28 heavy (non-hydrogen) atoms. The monoisotopic (exact) mass is 478 g/mol. The number of amidine groups is 1. The van der Waals surface area contributed by atoms with E-state index in [0.29, 0.717) is 43.5 Å². The minimum Gasteiger partial charge on any atom is -0.409 e. The summed E-state index contributed by atoms with van der Waals surface area (Å²) in [4.78, 5) is 0. The van der Waals surface area contributed by atoms with Gasteiger partial charge in [0.25, 0.3) is 0 Å². The predicted octanol–water partition coefficient (Wildman–Crippen LogP) is 2.20. The van der Waals surface area contributed by atoms with Crippen molar-refractivity contribution < 1.29 is 23.5 Å². The molecule has 0 radical (unpaired) electrons. The molecular weight excluding hydrogens is 459 g/mol. The molecule has 1 fully saturated rings. The van der Waals surface area contributed by atoms with E-state index in [1.807, 2.05) is 0 Å². The molecule has 0 atom stereocenters. The molecule has 13 heteroatoms. The lowest BCUT2D eigenvalue weighted by atomic mass is 10.3. The van der Waals surface area contributed by atoms with Crippen molar-refractivity contribution in [3.8, 4) is 0 Å². The number of aromatic nitrogens is 2. The second-order valence-corrected chi connectivity index (χ2v) is 9.68. The maximum Gasteiger partial charge on any atom is 0.203 e. The van der Waals surface area contributed by atoms with Crippen LogP contribution >= 0.6 is 15.9 Å². The first kappa shape index (κ1) is 20.6. The Balaban J connectivity index is 1.63. The van der Waals surface area contributed by atoms with E-state index in [1.165, 1.54) is 18.2 Å². The fourth-order valence-electron chi connectivity index (χ4n) is 2.49. The first-order valence-electron chi connectivity index (χ1n) is 8.38. The summed E-state index contributed by atoms with van der Waals surface area (Å²) in [7, 11) is -2.27. The molecule has 1 aromatic heterocycles. The van der Waals surface area contributed by atoms with Crippen LogP contribution in [0.3, 0.4) is 0 Å². The molecule has 1 aliphatic rings. The Labute approximate surface area is 169 Å². The van der Waals surface area contributed by atoms with Crippen molar-refractivity contribution in [2.24, 2.45) is 9.52 Å². The number of rotatable bonds is 6. The van der Waals surface area contributed by atoms with Crippen molar-refractivity contribution in [3.05, 3.63) is 34.2 Å². The molecule has 0 spiro atoms. The fourth-order valence-corrected chi connectivity index (χ4v) is 4.69. The summed E-state index contributed by atoms with van der Waals surface area (Å²) in [6, 6.07) is 4.22. The molecule has 1 saturated heterocycles.